The highest BCUT2D eigenvalue weighted by Gasteiger charge is 2.09. The van der Waals surface area contributed by atoms with Crippen LogP contribution in [0.25, 0.3) is 17.2 Å². The van der Waals surface area contributed by atoms with Crippen molar-refractivity contribution >= 4 is 23.1 Å². The number of carbonyl (C=O) groups excluding carboxylic acids is 1. The highest BCUT2D eigenvalue weighted by atomic mass is 16.5. The summed E-state index contributed by atoms with van der Waals surface area (Å²) in [6.07, 6.45) is 3.77. The second kappa shape index (κ2) is 8.40. The molecule has 1 heterocycles. The Kier molecular flexibility index (Phi) is 5.76. The number of methoxy groups -OCH3 is 2. The van der Waals surface area contributed by atoms with Crippen LogP contribution in [0.4, 0.5) is 0 Å². The molecule has 0 N–H and O–H groups in total. The first-order valence-electron chi connectivity index (χ1n) is 8.60. The number of amides is 1. The molecule has 1 aromatic heterocycles. The number of likely N-dealkylation sites (N-methyl/N-ethyl adjacent to an activating group) is 1. The zero-order valence-electron chi connectivity index (χ0n) is 15.6. The van der Waals surface area contributed by atoms with E-state index in [-0.39, 0.29) is 5.91 Å². The van der Waals surface area contributed by atoms with E-state index in [1.54, 1.807) is 32.2 Å². The van der Waals surface area contributed by atoms with Gasteiger partial charge in [0.25, 0.3) is 0 Å². The molecular formula is C21H22N2O4. The standard InChI is InChI=1S/C21H22N2O4/c1-23(13-12-15-8-9-18(25-2)19(14-15)26-3)21(24)11-10-20-22-16-6-4-5-7-17(16)27-20/h4-11,14H,12-13H2,1-3H3/b11-10-. The number of benzene rings is 2. The lowest BCUT2D eigenvalue weighted by Crippen LogP contribution is -2.27. The first-order chi connectivity index (χ1) is 13.1. The van der Waals surface area contributed by atoms with Crippen molar-refractivity contribution in [1.82, 2.24) is 9.88 Å². The molecule has 0 unspecified atom stereocenters. The molecule has 0 bridgehead atoms. The summed E-state index contributed by atoms with van der Waals surface area (Å²) in [5.41, 5.74) is 2.54. The molecular weight excluding hydrogens is 344 g/mol. The van der Waals surface area contributed by atoms with Gasteiger partial charge in [-0.3, -0.25) is 4.79 Å². The van der Waals surface area contributed by atoms with E-state index in [2.05, 4.69) is 4.98 Å². The van der Waals surface area contributed by atoms with Gasteiger partial charge in [0, 0.05) is 25.7 Å². The van der Waals surface area contributed by atoms with Crippen molar-refractivity contribution in [3.05, 3.63) is 60.0 Å². The SMILES string of the molecule is COc1ccc(CCN(C)C(=O)/C=C\c2nc3ccccc3o2)cc1OC. The Balaban J connectivity index is 1.59. The van der Waals surface area contributed by atoms with Crippen molar-refractivity contribution in [3.63, 3.8) is 0 Å². The van der Waals surface area contributed by atoms with Gasteiger partial charge < -0.3 is 18.8 Å². The van der Waals surface area contributed by atoms with Gasteiger partial charge in [0.15, 0.2) is 17.1 Å². The van der Waals surface area contributed by atoms with Crippen molar-refractivity contribution in [2.24, 2.45) is 0 Å². The van der Waals surface area contributed by atoms with Gasteiger partial charge in [-0.25, -0.2) is 4.98 Å². The predicted molar refractivity (Wildman–Crippen MR) is 104 cm³/mol. The molecule has 6 nitrogen and oxygen atoms in total. The Bertz CT molecular complexity index is 929. The fourth-order valence-corrected chi connectivity index (χ4v) is 2.67. The highest BCUT2D eigenvalue weighted by molar-refractivity contribution is 5.91. The van der Waals surface area contributed by atoms with Crippen LogP contribution in [0.2, 0.25) is 0 Å². The zero-order chi connectivity index (χ0) is 19.2. The van der Waals surface area contributed by atoms with Crippen LogP contribution in [0.3, 0.4) is 0 Å². The Morgan fingerprint density at radius 3 is 2.67 bits per heavy atom. The van der Waals surface area contributed by atoms with E-state index in [9.17, 15) is 4.79 Å². The van der Waals surface area contributed by atoms with E-state index in [1.165, 1.54) is 6.08 Å². The maximum absolute atomic E-state index is 12.3. The largest absolute Gasteiger partial charge is 0.493 e. The van der Waals surface area contributed by atoms with Crippen LogP contribution in [-0.2, 0) is 11.2 Å². The smallest absolute Gasteiger partial charge is 0.246 e. The van der Waals surface area contributed by atoms with Gasteiger partial charge in [0.1, 0.15) is 5.52 Å². The van der Waals surface area contributed by atoms with Gasteiger partial charge in [-0.05, 0) is 36.2 Å². The minimum absolute atomic E-state index is 0.113. The van der Waals surface area contributed by atoms with E-state index in [1.807, 2.05) is 42.5 Å². The third kappa shape index (κ3) is 4.47. The van der Waals surface area contributed by atoms with Crippen LogP contribution >= 0.6 is 0 Å². The summed E-state index contributed by atoms with van der Waals surface area (Å²) < 4.78 is 16.1. The summed E-state index contributed by atoms with van der Waals surface area (Å²) in [5, 5.41) is 0. The molecule has 3 rings (SSSR count). The van der Waals surface area contributed by atoms with E-state index in [0.717, 1.165) is 11.1 Å². The third-order valence-electron chi connectivity index (χ3n) is 4.24. The first-order valence-corrected chi connectivity index (χ1v) is 8.60. The summed E-state index contributed by atoms with van der Waals surface area (Å²) in [7, 11) is 4.97. The summed E-state index contributed by atoms with van der Waals surface area (Å²) >= 11 is 0. The number of oxazole rings is 1. The topological polar surface area (TPSA) is 64.8 Å². The summed E-state index contributed by atoms with van der Waals surface area (Å²) in [6, 6.07) is 13.2. The van der Waals surface area contributed by atoms with E-state index in [0.29, 0.717) is 35.9 Å². The number of rotatable bonds is 7. The van der Waals surface area contributed by atoms with Gasteiger partial charge in [-0.15, -0.1) is 0 Å². The molecule has 0 saturated carbocycles. The third-order valence-corrected chi connectivity index (χ3v) is 4.24. The lowest BCUT2D eigenvalue weighted by atomic mass is 10.1. The minimum Gasteiger partial charge on any atom is -0.493 e. The van der Waals surface area contributed by atoms with Crippen LogP contribution in [0.15, 0.2) is 53.0 Å². The van der Waals surface area contributed by atoms with Gasteiger partial charge in [0.2, 0.25) is 11.8 Å². The molecule has 1 amide bonds. The Labute approximate surface area is 158 Å². The maximum Gasteiger partial charge on any atom is 0.246 e. The molecule has 0 atom stereocenters. The molecule has 27 heavy (non-hydrogen) atoms. The average molecular weight is 366 g/mol. The van der Waals surface area contributed by atoms with Gasteiger partial charge in [-0.1, -0.05) is 18.2 Å². The molecule has 0 fully saturated rings. The van der Waals surface area contributed by atoms with Crippen LogP contribution in [0, 0.1) is 0 Å². The van der Waals surface area contributed by atoms with Gasteiger partial charge in [-0.2, -0.15) is 0 Å². The van der Waals surface area contributed by atoms with Crippen molar-refractivity contribution in [2.45, 2.75) is 6.42 Å². The molecule has 0 aliphatic carbocycles. The molecule has 0 radical (unpaired) electrons. The predicted octanol–water partition coefficient (Wildman–Crippen LogP) is 3.56. The van der Waals surface area contributed by atoms with Crippen LogP contribution < -0.4 is 9.47 Å². The zero-order valence-corrected chi connectivity index (χ0v) is 15.6. The fourth-order valence-electron chi connectivity index (χ4n) is 2.67. The molecule has 140 valence electrons. The van der Waals surface area contributed by atoms with Crippen LogP contribution in [-0.4, -0.2) is 43.6 Å². The molecule has 0 aliphatic rings. The average Bonchev–Trinajstić information content (AvgIpc) is 3.12. The molecule has 6 heteroatoms. The van der Waals surface area contributed by atoms with Crippen molar-refractivity contribution in [2.75, 3.05) is 27.8 Å². The Hall–Kier alpha value is -3.28. The highest BCUT2D eigenvalue weighted by Crippen LogP contribution is 2.27. The maximum atomic E-state index is 12.3. The normalized spacial score (nSPS) is 11.1. The number of hydrogen-bond donors (Lipinski definition) is 0. The van der Waals surface area contributed by atoms with Crippen molar-refractivity contribution in [3.8, 4) is 11.5 Å². The van der Waals surface area contributed by atoms with Gasteiger partial charge >= 0.3 is 0 Å². The number of hydrogen-bond acceptors (Lipinski definition) is 5. The lowest BCUT2D eigenvalue weighted by Gasteiger charge is -2.15. The quantitative estimate of drug-likeness (QED) is 0.598. The number of ether oxygens (including phenoxy) is 2. The van der Waals surface area contributed by atoms with Crippen LogP contribution in [0.1, 0.15) is 11.5 Å². The number of aromatic nitrogens is 1. The fraction of sp³-hybridized carbons (Fsp3) is 0.238. The van der Waals surface area contributed by atoms with Crippen LogP contribution in [0.5, 0.6) is 11.5 Å². The summed E-state index contributed by atoms with van der Waals surface area (Å²) in [4.78, 5) is 18.3. The number of fused-ring (bicyclic) bond motifs is 1. The Morgan fingerprint density at radius 2 is 1.93 bits per heavy atom. The lowest BCUT2D eigenvalue weighted by molar-refractivity contribution is -0.124. The second-order valence-corrected chi connectivity index (χ2v) is 6.05. The first kappa shape index (κ1) is 18.5. The van der Waals surface area contributed by atoms with E-state index < -0.39 is 0 Å². The molecule has 2 aromatic carbocycles. The van der Waals surface area contributed by atoms with Crippen molar-refractivity contribution in [1.29, 1.82) is 0 Å². The second-order valence-electron chi connectivity index (χ2n) is 6.05. The molecule has 0 aliphatic heterocycles. The monoisotopic (exact) mass is 366 g/mol. The van der Waals surface area contributed by atoms with E-state index >= 15 is 0 Å². The van der Waals surface area contributed by atoms with Crippen molar-refractivity contribution < 1.29 is 18.7 Å². The summed E-state index contributed by atoms with van der Waals surface area (Å²) in [5.74, 6) is 1.67. The van der Waals surface area contributed by atoms with E-state index in [4.69, 9.17) is 13.9 Å². The summed E-state index contributed by atoms with van der Waals surface area (Å²) in [6.45, 7) is 0.576. The Morgan fingerprint density at radius 1 is 1.15 bits per heavy atom. The number of carbonyl (C=O) groups is 1. The number of nitrogens with zero attached hydrogens (tertiary/aromatic N) is 2. The molecule has 0 saturated heterocycles. The van der Waals surface area contributed by atoms with Gasteiger partial charge in [0.05, 0.1) is 14.2 Å². The number of para-hydroxylation sites is 2. The molecule has 0 spiro atoms. The minimum atomic E-state index is -0.113. The molecule has 3 aromatic rings.